The van der Waals surface area contributed by atoms with Crippen molar-refractivity contribution < 1.29 is 9.53 Å². The third kappa shape index (κ3) is 2.52. The summed E-state index contributed by atoms with van der Waals surface area (Å²) in [4.78, 5) is 10.7. The van der Waals surface area contributed by atoms with Crippen molar-refractivity contribution in [1.29, 1.82) is 0 Å². The average molecular weight is 156 g/mol. The predicted molar refractivity (Wildman–Crippen MR) is 43.1 cm³/mol. The van der Waals surface area contributed by atoms with Gasteiger partial charge in [0.25, 0.3) is 0 Å². The Kier molecular flexibility index (Phi) is 2.53. The lowest BCUT2D eigenvalue weighted by atomic mass is 10.0. The third-order valence-electron chi connectivity index (χ3n) is 2.05. The normalized spacial score (nSPS) is 20.0. The first kappa shape index (κ1) is 8.57. The lowest BCUT2D eigenvalue weighted by Gasteiger charge is -2.19. The molecule has 0 aromatic carbocycles. The Bertz CT molecular complexity index is 146. The maximum atomic E-state index is 10.7. The molecule has 0 saturated heterocycles. The fraction of sp³-hybridized carbons (Fsp3) is 0.889. The molecule has 1 aliphatic rings. The molecule has 1 fully saturated rings. The maximum Gasteiger partial charge on any atom is 0.302 e. The number of carbonyl (C=O) groups excluding carboxylic acids is 1. The minimum Gasteiger partial charge on any atom is -0.462 e. The highest BCUT2D eigenvalue weighted by Gasteiger charge is 2.35. The van der Waals surface area contributed by atoms with Gasteiger partial charge in [-0.15, -0.1) is 0 Å². The van der Waals surface area contributed by atoms with Gasteiger partial charge in [0, 0.05) is 6.92 Å². The molecule has 0 unspecified atom stereocenters. The summed E-state index contributed by atoms with van der Waals surface area (Å²) in [6.07, 6.45) is 2.64. The minimum atomic E-state index is -0.143. The van der Waals surface area contributed by atoms with Crippen molar-refractivity contribution in [2.45, 2.75) is 39.7 Å². The van der Waals surface area contributed by atoms with Crippen LogP contribution in [0.5, 0.6) is 0 Å². The largest absolute Gasteiger partial charge is 0.462 e. The number of carbonyl (C=O) groups is 1. The van der Waals surface area contributed by atoms with Crippen LogP contribution >= 0.6 is 0 Å². The highest BCUT2D eigenvalue weighted by atomic mass is 16.5. The molecule has 0 amide bonds. The molecule has 1 rings (SSSR count). The van der Waals surface area contributed by atoms with Gasteiger partial charge in [0.05, 0.1) is 0 Å². The van der Waals surface area contributed by atoms with E-state index in [-0.39, 0.29) is 12.1 Å². The van der Waals surface area contributed by atoms with Crippen LogP contribution in [-0.2, 0) is 9.53 Å². The summed E-state index contributed by atoms with van der Waals surface area (Å²) < 4.78 is 5.20. The van der Waals surface area contributed by atoms with Gasteiger partial charge in [-0.05, 0) is 24.7 Å². The van der Waals surface area contributed by atoms with Gasteiger partial charge in [-0.2, -0.15) is 0 Å². The van der Waals surface area contributed by atoms with E-state index in [1.165, 1.54) is 19.8 Å². The van der Waals surface area contributed by atoms with Crippen molar-refractivity contribution in [1.82, 2.24) is 0 Å². The van der Waals surface area contributed by atoms with Crippen molar-refractivity contribution >= 4 is 5.97 Å². The molecule has 2 heteroatoms. The van der Waals surface area contributed by atoms with E-state index < -0.39 is 0 Å². The van der Waals surface area contributed by atoms with Crippen LogP contribution in [0.3, 0.4) is 0 Å². The summed E-state index contributed by atoms with van der Waals surface area (Å²) in [7, 11) is 0. The molecule has 0 aromatic rings. The molecule has 0 heterocycles. The van der Waals surface area contributed by atoms with Crippen LogP contribution in [0.2, 0.25) is 0 Å². The first-order valence-corrected chi connectivity index (χ1v) is 4.28. The fourth-order valence-corrected chi connectivity index (χ4v) is 1.39. The second-order valence-corrected chi connectivity index (χ2v) is 3.66. The SMILES string of the molecule is CC(=O)O[C@H](C(C)C)C1CC1. The van der Waals surface area contributed by atoms with Gasteiger partial charge in [0.2, 0.25) is 0 Å². The van der Waals surface area contributed by atoms with Gasteiger partial charge in [-0.25, -0.2) is 0 Å². The Morgan fingerprint density at radius 2 is 2.00 bits per heavy atom. The molecular weight excluding hydrogens is 140 g/mol. The van der Waals surface area contributed by atoms with E-state index in [0.29, 0.717) is 11.8 Å². The summed E-state index contributed by atoms with van der Waals surface area (Å²) in [6, 6.07) is 0. The first-order chi connectivity index (χ1) is 5.11. The predicted octanol–water partition coefficient (Wildman–Crippen LogP) is 1.98. The molecule has 0 aromatic heterocycles. The van der Waals surface area contributed by atoms with Crippen LogP contribution < -0.4 is 0 Å². The number of hydrogen-bond acceptors (Lipinski definition) is 2. The lowest BCUT2D eigenvalue weighted by molar-refractivity contribution is -0.149. The molecule has 11 heavy (non-hydrogen) atoms. The van der Waals surface area contributed by atoms with Crippen molar-refractivity contribution in [2.24, 2.45) is 11.8 Å². The maximum absolute atomic E-state index is 10.7. The summed E-state index contributed by atoms with van der Waals surface area (Å²) in [5.74, 6) is 0.973. The van der Waals surface area contributed by atoms with Gasteiger partial charge in [0.1, 0.15) is 6.10 Å². The molecule has 0 radical (unpaired) electrons. The quantitative estimate of drug-likeness (QED) is 0.584. The van der Waals surface area contributed by atoms with Gasteiger partial charge in [-0.1, -0.05) is 13.8 Å². The van der Waals surface area contributed by atoms with Crippen LogP contribution in [-0.4, -0.2) is 12.1 Å². The second kappa shape index (κ2) is 3.24. The Labute approximate surface area is 67.9 Å². The van der Waals surface area contributed by atoms with Crippen LogP contribution in [0.25, 0.3) is 0 Å². The first-order valence-electron chi connectivity index (χ1n) is 4.28. The lowest BCUT2D eigenvalue weighted by Crippen LogP contribution is -2.24. The standard InChI is InChI=1S/C9H16O2/c1-6(2)9(8-4-5-8)11-7(3)10/h6,8-9H,4-5H2,1-3H3/t9-/m1/s1. The summed E-state index contributed by atoms with van der Waals surface area (Å²) in [5.41, 5.74) is 0. The van der Waals surface area contributed by atoms with E-state index in [2.05, 4.69) is 13.8 Å². The molecule has 1 aliphatic carbocycles. The van der Waals surface area contributed by atoms with Gasteiger partial charge < -0.3 is 4.74 Å². The van der Waals surface area contributed by atoms with E-state index in [4.69, 9.17) is 4.74 Å². The van der Waals surface area contributed by atoms with Crippen LogP contribution in [0, 0.1) is 11.8 Å². The minimum absolute atomic E-state index is 0.143. The topological polar surface area (TPSA) is 26.3 Å². The van der Waals surface area contributed by atoms with Crippen molar-refractivity contribution in [3.8, 4) is 0 Å². The average Bonchev–Trinajstić information content (AvgIpc) is 2.63. The van der Waals surface area contributed by atoms with Gasteiger partial charge >= 0.3 is 5.97 Å². The smallest absolute Gasteiger partial charge is 0.302 e. The van der Waals surface area contributed by atoms with Crippen LogP contribution in [0.1, 0.15) is 33.6 Å². The number of esters is 1. The summed E-state index contributed by atoms with van der Waals surface area (Å²) in [5, 5.41) is 0. The van der Waals surface area contributed by atoms with E-state index in [1.807, 2.05) is 0 Å². The molecule has 1 saturated carbocycles. The zero-order valence-corrected chi connectivity index (χ0v) is 7.46. The fourth-order valence-electron chi connectivity index (χ4n) is 1.39. The summed E-state index contributed by atoms with van der Waals surface area (Å²) >= 11 is 0. The van der Waals surface area contributed by atoms with Crippen molar-refractivity contribution in [3.63, 3.8) is 0 Å². The molecule has 0 bridgehead atoms. The monoisotopic (exact) mass is 156 g/mol. The van der Waals surface area contributed by atoms with E-state index in [1.54, 1.807) is 0 Å². The van der Waals surface area contributed by atoms with Gasteiger partial charge in [-0.3, -0.25) is 4.79 Å². The van der Waals surface area contributed by atoms with E-state index in [0.717, 1.165) is 0 Å². The van der Waals surface area contributed by atoms with E-state index >= 15 is 0 Å². The molecule has 0 aliphatic heterocycles. The highest BCUT2D eigenvalue weighted by Crippen LogP contribution is 2.37. The molecule has 0 spiro atoms. The Morgan fingerprint density at radius 3 is 2.27 bits per heavy atom. The zero-order valence-electron chi connectivity index (χ0n) is 7.46. The molecule has 1 atom stereocenters. The van der Waals surface area contributed by atoms with Crippen molar-refractivity contribution in [3.05, 3.63) is 0 Å². The zero-order chi connectivity index (χ0) is 8.43. The molecular formula is C9H16O2. The van der Waals surface area contributed by atoms with Crippen LogP contribution in [0.15, 0.2) is 0 Å². The Balaban J connectivity index is 2.38. The second-order valence-electron chi connectivity index (χ2n) is 3.66. The highest BCUT2D eigenvalue weighted by molar-refractivity contribution is 5.66. The Hall–Kier alpha value is -0.530. The van der Waals surface area contributed by atoms with E-state index in [9.17, 15) is 4.79 Å². The molecule has 64 valence electrons. The van der Waals surface area contributed by atoms with Gasteiger partial charge in [0.15, 0.2) is 0 Å². The number of hydrogen-bond donors (Lipinski definition) is 0. The Morgan fingerprint density at radius 1 is 1.45 bits per heavy atom. The summed E-state index contributed by atoms with van der Waals surface area (Å²) in [6.45, 7) is 5.69. The number of rotatable bonds is 3. The third-order valence-corrected chi connectivity index (χ3v) is 2.05. The van der Waals surface area contributed by atoms with Crippen LogP contribution in [0.4, 0.5) is 0 Å². The molecule has 0 N–H and O–H groups in total. The number of ether oxygens (including phenoxy) is 1. The van der Waals surface area contributed by atoms with Crippen molar-refractivity contribution in [2.75, 3.05) is 0 Å². The molecule has 2 nitrogen and oxygen atoms in total.